The van der Waals surface area contributed by atoms with Crippen molar-refractivity contribution in [1.82, 2.24) is 14.9 Å². The number of amides is 1. The third kappa shape index (κ3) is 3.92. The molecule has 1 atom stereocenters. The second-order valence-corrected chi connectivity index (χ2v) is 6.11. The van der Waals surface area contributed by atoms with Gasteiger partial charge in [-0.25, -0.2) is 4.98 Å². The first-order valence-corrected chi connectivity index (χ1v) is 6.92. The second kappa shape index (κ2) is 6.10. The lowest BCUT2D eigenvalue weighted by atomic mass is 9.89. The number of hydrogen-bond acceptors (Lipinski definition) is 3. The number of carbonyl (C=O) groups is 1. The van der Waals surface area contributed by atoms with Crippen molar-refractivity contribution in [3.8, 4) is 5.69 Å². The van der Waals surface area contributed by atoms with E-state index in [2.05, 4.69) is 10.3 Å². The monoisotopic (exact) mass is 287 g/mol. The topological polar surface area (TPSA) is 67.2 Å². The highest BCUT2D eigenvalue weighted by Gasteiger charge is 2.22. The number of carbonyl (C=O) groups excluding carboxylic acids is 1. The van der Waals surface area contributed by atoms with Gasteiger partial charge in [-0.1, -0.05) is 20.8 Å². The predicted octanol–water partition coefficient (Wildman–Crippen LogP) is 2.01. The molecule has 0 fully saturated rings. The van der Waals surface area contributed by atoms with Crippen LogP contribution in [0.2, 0.25) is 0 Å². The molecule has 0 aliphatic carbocycles. The van der Waals surface area contributed by atoms with Crippen LogP contribution in [0, 0.1) is 5.41 Å². The summed E-state index contributed by atoms with van der Waals surface area (Å²) in [4.78, 5) is 16.0. The smallest absolute Gasteiger partial charge is 0.251 e. The summed E-state index contributed by atoms with van der Waals surface area (Å²) in [6.07, 6.45) is 4.67. The number of aliphatic hydroxyl groups excluding tert-OH is 1. The summed E-state index contributed by atoms with van der Waals surface area (Å²) in [5.41, 5.74) is 1.26. The maximum Gasteiger partial charge on any atom is 0.251 e. The molecule has 2 N–H and O–H groups in total. The van der Waals surface area contributed by atoms with Gasteiger partial charge in [-0.3, -0.25) is 4.79 Å². The number of benzene rings is 1. The standard InChI is InChI=1S/C16H21N3O2/c1-16(2,3)14(20)10-18-15(21)12-4-6-13(7-5-12)19-9-8-17-11-19/h4-9,11,14,20H,10H2,1-3H3,(H,18,21). The van der Waals surface area contributed by atoms with E-state index >= 15 is 0 Å². The minimum absolute atomic E-state index is 0.185. The molecule has 21 heavy (non-hydrogen) atoms. The van der Waals surface area contributed by atoms with E-state index in [1.54, 1.807) is 24.7 Å². The first-order valence-electron chi connectivity index (χ1n) is 6.92. The van der Waals surface area contributed by atoms with Crippen LogP contribution in [0.5, 0.6) is 0 Å². The van der Waals surface area contributed by atoms with Crippen LogP contribution in [0.3, 0.4) is 0 Å². The summed E-state index contributed by atoms with van der Waals surface area (Å²) in [5, 5.41) is 12.7. The number of imidazole rings is 1. The third-order valence-corrected chi connectivity index (χ3v) is 3.39. The maximum absolute atomic E-state index is 12.0. The summed E-state index contributed by atoms with van der Waals surface area (Å²) in [7, 11) is 0. The second-order valence-electron chi connectivity index (χ2n) is 6.11. The van der Waals surface area contributed by atoms with Crippen molar-refractivity contribution in [3.05, 3.63) is 48.5 Å². The van der Waals surface area contributed by atoms with E-state index in [4.69, 9.17) is 0 Å². The zero-order valence-corrected chi connectivity index (χ0v) is 12.6. The Morgan fingerprint density at radius 1 is 1.33 bits per heavy atom. The largest absolute Gasteiger partial charge is 0.391 e. The molecule has 1 unspecified atom stereocenters. The molecular weight excluding hydrogens is 266 g/mol. The molecule has 0 bridgehead atoms. The quantitative estimate of drug-likeness (QED) is 0.904. The van der Waals surface area contributed by atoms with Crippen LogP contribution in [0.4, 0.5) is 0 Å². The van der Waals surface area contributed by atoms with E-state index in [1.807, 2.05) is 43.7 Å². The van der Waals surface area contributed by atoms with Gasteiger partial charge in [-0.2, -0.15) is 0 Å². The highest BCUT2D eigenvalue weighted by Crippen LogP contribution is 2.18. The Labute approximate surface area is 124 Å². The molecule has 1 heterocycles. The fourth-order valence-corrected chi connectivity index (χ4v) is 1.79. The lowest BCUT2D eigenvalue weighted by Crippen LogP contribution is -2.39. The number of nitrogens with zero attached hydrogens (tertiary/aromatic N) is 2. The minimum Gasteiger partial charge on any atom is -0.391 e. The fraction of sp³-hybridized carbons (Fsp3) is 0.375. The van der Waals surface area contributed by atoms with Crippen LogP contribution in [-0.4, -0.2) is 33.2 Å². The summed E-state index contributed by atoms with van der Waals surface area (Å²) >= 11 is 0. The van der Waals surface area contributed by atoms with Gasteiger partial charge < -0.3 is 15.0 Å². The Kier molecular flexibility index (Phi) is 4.43. The van der Waals surface area contributed by atoms with Crippen molar-refractivity contribution in [2.75, 3.05) is 6.54 Å². The molecule has 5 heteroatoms. The van der Waals surface area contributed by atoms with E-state index in [9.17, 15) is 9.90 Å². The molecule has 1 aromatic carbocycles. The lowest BCUT2D eigenvalue weighted by molar-refractivity contribution is 0.0587. The van der Waals surface area contributed by atoms with E-state index in [0.717, 1.165) is 5.69 Å². The van der Waals surface area contributed by atoms with Crippen LogP contribution in [-0.2, 0) is 0 Å². The Balaban J connectivity index is 1.97. The zero-order chi connectivity index (χ0) is 15.5. The highest BCUT2D eigenvalue weighted by atomic mass is 16.3. The van der Waals surface area contributed by atoms with E-state index in [-0.39, 0.29) is 17.9 Å². The zero-order valence-electron chi connectivity index (χ0n) is 12.6. The van der Waals surface area contributed by atoms with Gasteiger partial charge in [-0.05, 0) is 29.7 Å². The first kappa shape index (κ1) is 15.3. The van der Waals surface area contributed by atoms with Gasteiger partial charge in [0.25, 0.3) is 5.91 Å². The molecule has 2 aromatic rings. The van der Waals surface area contributed by atoms with Gasteiger partial charge in [0.1, 0.15) is 0 Å². The summed E-state index contributed by atoms with van der Waals surface area (Å²) < 4.78 is 1.87. The van der Waals surface area contributed by atoms with Crippen molar-refractivity contribution >= 4 is 5.91 Å². The molecule has 1 aromatic heterocycles. The summed E-state index contributed by atoms with van der Waals surface area (Å²) in [6, 6.07) is 7.23. The molecule has 0 spiro atoms. The van der Waals surface area contributed by atoms with Crippen molar-refractivity contribution < 1.29 is 9.90 Å². The van der Waals surface area contributed by atoms with Crippen molar-refractivity contribution in [1.29, 1.82) is 0 Å². The average Bonchev–Trinajstić information content (AvgIpc) is 2.97. The van der Waals surface area contributed by atoms with Gasteiger partial charge in [0.15, 0.2) is 0 Å². The molecule has 1 amide bonds. The van der Waals surface area contributed by atoms with Crippen LogP contribution in [0.1, 0.15) is 31.1 Å². The number of hydrogen-bond donors (Lipinski definition) is 2. The van der Waals surface area contributed by atoms with E-state index in [0.29, 0.717) is 5.56 Å². The molecule has 0 radical (unpaired) electrons. The molecule has 2 rings (SSSR count). The SMILES string of the molecule is CC(C)(C)C(O)CNC(=O)c1ccc(-n2ccnc2)cc1. The van der Waals surface area contributed by atoms with Crippen LogP contribution < -0.4 is 5.32 Å². The molecule has 0 saturated carbocycles. The van der Waals surface area contributed by atoms with E-state index < -0.39 is 6.10 Å². The Morgan fingerprint density at radius 2 is 2.00 bits per heavy atom. The molecule has 0 aliphatic heterocycles. The van der Waals surface area contributed by atoms with Crippen LogP contribution in [0.15, 0.2) is 43.0 Å². The first-order chi connectivity index (χ1) is 9.88. The predicted molar refractivity (Wildman–Crippen MR) is 81.4 cm³/mol. The number of rotatable bonds is 4. The van der Waals surface area contributed by atoms with E-state index in [1.165, 1.54) is 0 Å². The fourth-order valence-electron chi connectivity index (χ4n) is 1.79. The van der Waals surface area contributed by atoms with Gasteiger partial charge >= 0.3 is 0 Å². The normalized spacial score (nSPS) is 13.0. The van der Waals surface area contributed by atoms with Gasteiger partial charge in [0.05, 0.1) is 12.4 Å². The van der Waals surface area contributed by atoms with Gasteiger partial charge in [0, 0.05) is 30.2 Å². The van der Waals surface area contributed by atoms with Crippen molar-refractivity contribution in [3.63, 3.8) is 0 Å². The number of aromatic nitrogens is 2. The minimum atomic E-state index is -0.577. The van der Waals surface area contributed by atoms with Crippen LogP contribution in [0.25, 0.3) is 5.69 Å². The highest BCUT2D eigenvalue weighted by molar-refractivity contribution is 5.94. The lowest BCUT2D eigenvalue weighted by Gasteiger charge is -2.25. The molecule has 0 aliphatic rings. The molecule has 0 saturated heterocycles. The Bertz CT molecular complexity index is 583. The van der Waals surface area contributed by atoms with Crippen molar-refractivity contribution in [2.24, 2.45) is 5.41 Å². The molecule has 5 nitrogen and oxygen atoms in total. The molecule has 112 valence electrons. The van der Waals surface area contributed by atoms with Gasteiger partial charge in [0.2, 0.25) is 0 Å². The van der Waals surface area contributed by atoms with Gasteiger partial charge in [-0.15, -0.1) is 0 Å². The van der Waals surface area contributed by atoms with Crippen LogP contribution >= 0.6 is 0 Å². The third-order valence-electron chi connectivity index (χ3n) is 3.39. The Hall–Kier alpha value is -2.14. The maximum atomic E-state index is 12.0. The Morgan fingerprint density at radius 3 is 2.52 bits per heavy atom. The summed E-state index contributed by atoms with van der Waals surface area (Å²) in [6.45, 7) is 6.04. The summed E-state index contributed by atoms with van der Waals surface area (Å²) in [5.74, 6) is -0.185. The number of aliphatic hydroxyl groups is 1. The molecular formula is C16H21N3O2. The number of nitrogens with one attached hydrogen (secondary N) is 1. The van der Waals surface area contributed by atoms with Crippen molar-refractivity contribution in [2.45, 2.75) is 26.9 Å². The average molecular weight is 287 g/mol.